The summed E-state index contributed by atoms with van der Waals surface area (Å²) in [7, 11) is 1.65. The first-order valence-corrected chi connectivity index (χ1v) is 8.12. The summed E-state index contributed by atoms with van der Waals surface area (Å²) < 4.78 is 7.39. The van der Waals surface area contributed by atoms with E-state index in [1.54, 1.807) is 7.11 Å². The average Bonchev–Trinajstić information content (AvgIpc) is 2.79. The molecule has 0 atom stereocenters. The van der Waals surface area contributed by atoms with Crippen LogP contribution in [0.4, 0.5) is 0 Å². The minimum absolute atomic E-state index is 0.0709. The summed E-state index contributed by atoms with van der Waals surface area (Å²) in [5, 5.41) is 0. The van der Waals surface area contributed by atoms with Crippen LogP contribution in [0.25, 0.3) is 11.0 Å². The van der Waals surface area contributed by atoms with Crippen molar-refractivity contribution in [3.05, 3.63) is 24.0 Å². The van der Waals surface area contributed by atoms with Gasteiger partial charge in [-0.2, -0.15) is 0 Å². The number of hydrogen-bond donors (Lipinski definition) is 0. The Bertz CT molecular complexity index is 715. The van der Waals surface area contributed by atoms with Gasteiger partial charge in [-0.15, -0.1) is 0 Å². The number of rotatable bonds is 4. The molecule has 1 aromatic carbocycles. The van der Waals surface area contributed by atoms with Crippen LogP contribution in [0.2, 0.25) is 0 Å². The molecule has 0 fully saturated rings. The number of carbonyl (C=O) groups excluding carboxylic acids is 1. The van der Waals surface area contributed by atoms with E-state index in [9.17, 15) is 4.79 Å². The predicted octanol–water partition coefficient (Wildman–Crippen LogP) is 4.71. The van der Waals surface area contributed by atoms with E-state index < -0.39 is 5.41 Å². The zero-order chi connectivity index (χ0) is 17.4. The predicted molar refractivity (Wildman–Crippen MR) is 94.1 cm³/mol. The summed E-state index contributed by atoms with van der Waals surface area (Å²) >= 11 is 0. The minimum Gasteiger partial charge on any atom is -0.497 e. The second-order valence-electron chi connectivity index (χ2n) is 8.33. The highest BCUT2D eigenvalue weighted by molar-refractivity contribution is 5.99. The van der Waals surface area contributed by atoms with Gasteiger partial charge >= 0.3 is 0 Å². The van der Waals surface area contributed by atoms with Gasteiger partial charge in [0.15, 0.2) is 5.82 Å². The van der Waals surface area contributed by atoms with Crippen LogP contribution in [-0.4, -0.2) is 22.4 Å². The van der Waals surface area contributed by atoms with Crippen molar-refractivity contribution < 1.29 is 9.53 Å². The monoisotopic (exact) mass is 316 g/mol. The number of nitrogens with zero attached hydrogens (tertiary/aromatic N) is 2. The van der Waals surface area contributed by atoms with Crippen LogP contribution in [0, 0.1) is 10.8 Å². The molecule has 0 bridgehead atoms. The van der Waals surface area contributed by atoms with Crippen molar-refractivity contribution in [1.82, 2.24) is 9.55 Å². The van der Waals surface area contributed by atoms with E-state index in [1.807, 2.05) is 39.0 Å². The molecule has 4 nitrogen and oxygen atoms in total. The maximum atomic E-state index is 12.8. The summed E-state index contributed by atoms with van der Waals surface area (Å²) in [4.78, 5) is 17.4. The van der Waals surface area contributed by atoms with Crippen molar-refractivity contribution in [3.63, 3.8) is 0 Å². The topological polar surface area (TPSA) is 44.1 Å². The second-order valence-corrected chi connectivity index (χ2v) is 8.33. The lowest BCUT2D eigenvalue weighted by Crippen LogP contribution is -2.25. The molecule has 0 amide bonds. The Morgan fingerprint density at radius 1 is 1.17 bits per heavy atom. The van der Waals surface area contributed by atoms with Crippen LogP contribution in [0.3, 0.4) is 0 Å². The molecule has 0 aliphatic heterocycles. The Kier molecular flexibility index (Phi) is 4.56. The van der Waals surface area contributed by atoms with E-state index in [4.69, 9.17) is 4.74 Å². The molecule has 4 heteroatoms. The zero-order valence-electron chi connectivity index (χ0n) is 15.4. The van der Waals surface area contributed by atoms with Gasteiger partial charge in [-0.25, -0.2) is 4.98 Å². The van der Waals surface area contributed by atoms with Gasteiger partial charge in [-0.05, 0) is 24.0 Å². The molecule has 0 aliphatic rings. The Hall–Kier alpha value is -1.84. The van der Waals surface area contributed by atoms with Crippen molar-refractivity contribution in [1.29, 1.82) is 0 Å². The van der Waals surface area contributed by atoms with E-state index in [-0.39, 0.29) is 11.2 Å². The number of benzene rings is 1. The Morgan fingerprint density at radius 2 is 1.83 bits per heavy atom. The minimum atomic E-state index is -0.453. The lowest BCUT2D eigenvalue weighted by molar-refractivity contribution is 0.0842. The summed E-state index contributed by atoms with van der Waals surface area (Å²) in [6, 6.07) is 5.76. The van der Waals surface area contributed by atoms with E-state index in [0.29, 0.717) is 5.82 Å². The highest BCUT2D eigenvalue weighted by atomic mass is 16.5. The van der Waals surface area contributed by atoms with Gasteiger partial charge in [-0.1, -0.05) is 41.5 Å². The number of fused-ring (bicyclic) bond motifs is 1. The number of ketones is 1. The van der Waals surface area contributed by atoms with Gasteiger partial charge in [0.2, 0.25) is 5.78 Å². The van der Waals surface area contributed by atoms with Crippen LogP contribution in [0.5, 0.6) is 5.75 Å². The number of carbonyl (C=O) groups is 1. The first-order chi connectivity index (χ1) is 10.5. The number of hydrogen-bond acceptors (Lipinski definition) is 3. The number of methoxy groups -OCH3 is 1. The van der Waals surface area contributed by atoms with Crippen molar-refractivity contribution in [2.45, 2.75) is 54.5 Å². The van der Waals surface area contributed by atoms with Crippen molar-refractivity contribution >= 4 is 16.8 Å². The maximum absolute atomic E-state index is 12.8. The van der Waals surface area contributed by atoms with Crippen molar-refractivity contribution in [2.24, 2.45) is 10.8 Å². The fourth-order valence-electron chi connectivity index (χ4n) is 2.41. The highest BCUT2D eigenvalue weighted by Gasteiger charge is 2.29. The van der Waals surface area contributed by atoms with Gasteiger partial charge < -0.3 is 9.30 Å². The molecule has 0 radical (unpaired) electrons. The SMILES string of the molecule is COc1ccc2nc(C(=O)C(C)(C)C)n(CCC(C)(C)C)c2c1. The van der Waals surface area contributed by atoms with Crippen LogP contribution in [0.15, 0.2) is 18.2 Å². The van der Waals surface area contributed by atoms with Crippen molar-refractivity contribution in [2.75, 3.05) is 7.11 Å². The smallest absolute Gasteiger partial charge is 0.203 e. The molecule has 0 spiro atoms. The van der Waals surface area contributed by atoms with Crippen LogP contribution >= 0.6 is 0 Å². The van der Waals surface area contributed by atoms with Crippen LogP contribution in [0.1, 0.15) is 58.6 Å². The lowest BCUT2D eigenvalue weighted by Gasteiger charge is -2.21. The number of imidazole rings is 1. The fourth-order valence-corrected chi connectivity index (χ4v) is 2.41. The average molecular weight is 316 g/mol. The van der Waals surface area contributed by atoms with Gasteiger partial charge in [0.05, 0.1) is 18.1 Å². The molecule has 2 aromatic rings. The first kappa shape index (κ1) is 17.5. The van der Waals surface area contributed by atoms with Gasteiger partial charge in [0.1, 0.15) is 5.75 Å². The van der Waals surface area contributed by atoms with Crippen LogP contribution < -0.4 is 4.74 Å². The quantitative estimate of drug-likeness (QED) is 0.767. The number of ether oxygens (including phenoxy) is 1. The summed E-state index contributed by atoms with van der Waals surface area (Å²) in [6.07, 6.45) is 0.972. The van der Waals surface area contributed by atoms with Gasteiger partial charge in [-0.3, -0.25) is 4.79 Å². The maximum Gasteiger partial charge on any atom is 0.203 e. The molecular weight excluding hydrogens is 288 g/mol. The molecule has 126 valence electrons. The second kappa shape index (κ2) is 5.99. The molecule has 1 aromatic heterocycles. The summed E-state index contributed by atoms with van der Waals surface area (Å²) in [5.41, 5.74) is 1.54. The van der Waals surface area contributed by atoms with Crippen molar-refractivity contribution in [3.8, 4) is 5.75 Å². The summed E-state index contributed by atoms with van der Waals surface area (Å²) in [6.45, 7) is 13.2. The first-order valence-electron chi connectivity index (χ1n) is 8.12. The number of aryl methyl sites for hydroxylation is 1. The van der Waals surface area contributed by atoms with Gasteiger partial charge in [0.25, 0.3) is 0 Å². The molecular formula is C19H28N2O2. The number of Topliss-reactive ketones (excluding diaryl/α,β-unsaturated/α-hetero) is 1. The third-order valence-corrected chi connectivity index (χ3v) is 3.93. The van der Waals surface area contributed by atoms with Gasteiger partial charge in [0, 0.05) is 18.0 Å². The third-order valence-electron chi connectivity index (χ3n) is 3.93. The van der Waals surface area contributed by atoms with Crippen LogP contribution in [-0.2, 0) is 6.54 Å². The lowest BCUT2D eigenvalue weighted by atomic mass is 9.90. The molecule has 2 rings (SSSR count). The molecule has 1 heterocycles. The molecule has 0 saturated carbocycles. The molecule has 0 unspecified atom stereocenters. The highest BCUT2D eigenvalue weighted by Crippen LogP contribution is 2.28. The normalized spacial score (nSPS) is 12.7. The largest absolute Gasteiger partial charge is 0.497 e. The summed E-state index contributed by atoms with van der Waals surface area (Å²) in [5.74, 6) is 1.40. The Labute approximate surface area is 138 Å². The third kappa shape index (κ3) is 3.92. The molecule has 23 heavy (non-hydrogen) atoms. The van der Waals surface area contributed by atoms with E-state index in [1.165, 1.54) is 0 Å². The fraction of sp³-hybridized carbons (Fsp3) is 0.579. The molecule has 0 N–H and O–H groups in total. The van der Waals surface area contributed by atoms with E-state index in [0.717, 1.165) is 29.7 Å². The Balaban J connectivity index is 2.58. The molecule has 0 saturated heterocycles. The Morgan fingerprint density at radius 3 is 2.35 bits per heavy atom. The molecule has 0 aliphatic carbocycles. The standard InChI is InChI=1S/C19H28N2O2/c1-18(2,3)10-11-21-15-12-13(23-7)8-9-14(15)20-17(21)16(22)19(4,5)6/h8-9,12H,10-11H2,1-7H3. The van der Waals surface area contributed by atoms with E-state index in [2.05, 4.69) is 30.3 Å². The van der Waals surface area contributed by atoms with E-state index >= 15 is 0 Å². The zero-order valence-corrected chi connectivity index (χ0v) is 15.4. The number of aromatic nitrogens is 2.